The molecule has 0 radical (unpaired) electrons. The normalized spacial score (nSPS) is 10.5. The molecule has 0 aliphatic carbocycles. The third-order valence-corrected chi connectivity index (χ3v) is 4.70. The highest BCUT2D eigenvalue weighted by molar-refractivity contribution is 7.13. The Bertz CT molecular complexity index is 794. The highest BCUT2D eigenvalue weighted by Gasteiger charge is 2.06. The summed E-state index contributed by atoms with van der Waals surface area (Å²) in [6.45, 7) is 2.69. The zero-order valence-corrected chi connectivity index (χ0v) is 14.5. The van der Waals surface area contributed by atoms with Crippen LogP contribution in [0.5, 0.6) is 0 Å². The maximum absolute atomic E-state index is 11.9. The molecule has 0 bridgehead atoms. The molecular weight excluding hydrogens is 316 g/mol. The zero-order valence-electron chi connectivity index (χ0n) is 13.7. The molecule has 24 heavy (non-hydrogen) atoms. The van der Waals surface area contributed by atoms with Crippen molar-refractivity contribution in [2.24, 2.45) is 0 Å². The van der Waals surface area contributed by atoms with Gasteiger partial charge in [-0.1, -0.05) is 60.2 Å². The number of nitrogens with zero attached hydrogens (tertiary/aromatic N) is 1. The molecule has 0 unspecified atom stereocenters. The average molecular weight is 336 g/mol. The van der Waals surface area contributed by atoms with Gasteiger partial charge in [-0.25, -0.2) is 4.98 Å². The fraction of sp³-hybridized carbons (Fsp3) is 0.200. The van der Waals surface area contributed by atoms with Crippen LogP contribution < -0.4 is 5.32 Å². The highest BCUT2D eigenvalue weighted by atomic mass is 32.1. The van der Waals surface area contributed by atoms with Crippen molar-refractivity contribution in [2.45, 2.75) is 19.8 Å². The fourth-order valence-electron chi connectivity index (χ4n) is 2.42. The standard InChI is InChI=1S/C20H20N2OS/c1-15-7-9-17(10-8-15)20-22-18(14-24-20)11-12-21-19(23)13-16-5-3-2-4-6-16/h2-10,14H,11-13H2,1H3,(H,21,23). The highest BCUT2D eigenvalue weighted by Crippen LogP contribution is 2.24. The molecule has 3 rings (SSSR count). The predicted octanol–water partition coefficient (Wildman–Crippen LogP) is 4.02. The van der Waals surface area contributed by atoms with E-state index in [2.05, 4.69) is 46.9 Å². The number of carbonyl (C=O) groups is 1. The maximum atomic E-state index is 11.9. The van der Waals surface area contributed by atoms with Crippen LogP contribution in [-0.4, -0.2) is 17.4 Å². The Labute approximate surface area is 146 Å². The van der Waals surface area contributed by atoms with E-state index in [1.807, 2.05) is 30.3 Å². The second-order valence-electron chi connectivity index (χ2n) is 5.77. The van der Waals surface area contributed by atoms with E-state index >= 15 is 0 Å². The summed E-state index contributed by atoms with van der Waals surface area (Å²) in [5.74, 6) is 0.0511. The summed E-state index contributed by atoms with van der Waals surface area (Å²) in [6.07, 6.45) is 1.18. The average Bonchev–Trinajstić information content (AvgIpc) is 3.05. The molecule has 1 amide bonds. The van der Waals surface area contributed by atoms with Crippen LogP contribution in [0.25, 0.3) is 10.6 Å². The Kier molecular flexibility index (Phi) is 5.39. The number of nitrogens with one attached hydrogen (secondary N) is 1. The zero-order chi connectivity index (χ0) is 16.8. The lowest BCUT2D eigenvalue weighted by Gasteiger charge is -2.04. The van der Waals surface area contributed by atoms with Gasteiger partial charge in [-0.05, 0) is 12.5 Å². The molecule has 4 heteroatoms. The van der Waals surface area contributed by atoms with E-state index in [1.165, 1.54) is 5.56 Å². The molecule has 3 nitrogen and oxygen atoms in total. The van der Waals surface area contributed by atoms with Crippen molar-refractivity contribution in [3.05, 3.63) is 76.8 Å². The SMILES string of the molecule is Cc1ccc(-c2nc(CCNC(=O)Cc3ccccc3)cs2)cc1. The minimum Gasteiger partial charge on any atom is -0.355 e. The van der Waals surface area contributed by atoms with E-state index in [9.17, 15) is 4.79 Å². The van der Waals surface area contributed by atoms with Crippen molar-refractivity contribution < 1.29 is 4.79 Å². The van der Waals surface area contributed by atoms with E-state index in [1.54, 1.807) is 11.3 Å². The molecule has 2 aromatic carbocycles. The number of amides is 1. The van der Waals surface area contributed by atoms with Crippen LogP contribution in [0.3, 0.4) is 0 Å². The van der Waals surface area contributed by atoms with Gasteiger partial charge in [0.05, 0.1) is 12.1 Å². The number of aromatic nitrogens is 1. The van der Waals surface area contributed by atoms with Crippen LogP contribution in [0.4, 0.5) is 0 Å². The summed E-state index contributed by atoms with van der Waals surface area (Å²) in [4.78, 5) is 16.6. The summed E-state index contributed by atoms with van der Waals surface area (Å²) in [6, 6.07) is 18.2. The Balaban J connectivity index is 1.49. The summed E-state index contributed by atoms with van der Waals surface area (Å²) in [7, 11) is 0. The second kappa shape index (κ2) is 7.88. The van der Waals surface area contributed by atoms with Crippen LogP contribution in [0.2, 0.25) is 0 Å². The number of thiazole rings is 1. The Hall–Kier alpha value is -2.46. The fourth-order valence-corrected chi connectivity index (χ4v) is 3.28. The molecule has 0 saturated heterocycles. The third-order valence-electron chi connectivity index (χ3n) is 3.76. The van der Waals surface area contributed by atoms with E-state index < -0.39 is 0 Å². The quantitative estimate of drug-likeness (QED) is 0.739. The van der Waals surface area contributed by atoms with Crippen molar-refractivity contribution in [1.29, 1.82) is 0 Å². The number of hydrogen-bond donors (Lipinski definition) is 1. The van der Waals surface area contributed by atoms with Crippen LogP contribution in [0.1, 0.15) is 16.8 Å². The van der Waals surface area contributed by atoms with Crippen LogP contribution in [0.15, 0.2) is 60.0 Å². The van der Waals surface area contributed by atoms with Gasteiger partial charge in [-0.15, -0.1) is 11.3 Å². The minimum atomic E-state index is 0.0511. The third kappa shape index (κ3) is 4.52. The number of carbonyl (C=O) groups excluding carboxylic acids is 1. The topological polar surface area (TPSA) is 42.0 Å². The molecule has 0 aliphatic heterocycles. The largest absolute Gasteiger partial charge is 0.355 e. The molecule has 0 spiro atoms. The van der Waals surface area contributed by atoms with Gasteiger partial charge in [-0.3, -0.25) is 4.79 Å². The molecular formula is C20H20N2OS. The summed E-state index contributed by atoms with van der Waals surface area (Å²) < 4.78 is 0. The Morgan fingerprint density at radius 1 is 1.08 bits per heavy atom. The van der Waals surface area contributed by atoms with E-state index in [4.69, 9.17) is 0 Å². The Morgan fingerprint density at radius 3 is 2.58 bits per heavy atom. The lowest BCUT2D eigenvalue weighted by atomic mass is 10.1. The lowest BCUT2D eigenvalue weighted by molar-refractivity contribution is -0.120. The molecule has 122 valence electrons. The molecule has 0 saturated carbocycles. The van der Waals surface area contributed by atoms with Gasteiger partial charge < -0.3 is 5.32 Å². The van der Waals surface area contributed by atoms with E-state index in [-0.39, 0.29) is 5.91 Å². The smallest absolute Gasteiger partial charge is 0.224 e. The van der Waals surface area contributed by atoms with Crippen molar-refractivity contribution in [3.63, 3.8) is 0 Å². The predicted molar refractivity (Wildman–Crippen MR) is 99.1 cm³/mol. The van der Waals surface area contributed by atoms with Gasteiger partial charge >= 0.3 is 0 Å². The molecule has 1 aromatic heterocycles. The van der Waals surface area contributed by atoms with Gasteiger partial charge in [-0.2, -0.15) is 0 Å². The first-order valence-corrected chi connectivity index (χ1v) is 8.91. The van der Waals surface area contributed by atoms with Crippen LogP contribution in [0, 0.1) is 6.92 Å². The summed E-state index contributed by atoms with van der Waals surface area (Å²) >= 11 is 1.65. The molecule has 0 aliphatic rings. The first kappa shape index (κ1) is 16.4. The van der Waals surface area contributed by atoms with Gasteiger partial charge in [0.1, 0.15) is 5.01 Å². The second-order valence-corrected chi connectivity index (χ2v) is 6.63. The van der Waals surface area contributed by atoms with E-state index in [0.29, 0.717) is 13.0 Å². The maximum Gasteiger partial charge on any atom is 0.224 e. The van der Waals surface area contributed by atoms with Crippen molar-refractivity contribution >= 4 is 17.2 Å². The van der Waals surface area contributed by atoms with Gasteiger partial charge in [0.2, 0.25) is 5.91 Å². The van der Waals surface area contributed by atoms with Crippen LogP contribution >= 0.6 is 11.3 Å². The van der Waals surface area contributed by atoms with Gasteiger partial charge in [0.25, 0.3) is 0 Å². The number of rotatable bonds is 6. The lowest BCUT2D eigenvalue weighted by Crippen LogP contribution is -2.27. The Morgan fingerprint density at radius 2 is 1.83 bits per heavy atom. The first-order chi connectivity index (χ1) is 11.7. The number of hydrogen-bond acceptors (Lipinski definition) is 3. The van der Waals surface area contributed by atoms with E-state index in [0.717, 1.165) is 28.2 Å². The molecule has 0 fully saturated rings. The van der Waals surface area contributed by atoms with Crippen molar-refractivity contribution in [1.82, 2.24) is 10.3 Å². The van der Waals surface area contributed by atoms with Crippen LogP contribution in [-0.2, 0) is 17.6 Å². The number of aryl methyl sites for hydroxylation is 1. The minimum absolute atomic E-state index is 0.0511. The van der Waals surface area contributed by atoms with Gasteiger partial charge in [0, 0.05) is 23.9 Å². The molecule has 0 atom stereocenters. The van der Waals surface area contributed by atoms with Crippen molar-refractivity contribution in [2.75, 3.05) is 6.54 Å². The molecule has 3 aromatic rings. The molecule has 1 N–H and O–H groups in total. The monoisotopic (exact) mass is 336 g/mol. The summed E-state index contributed by atoms with van der Waals surface area (Å²) in [5, 5.41) is 6.06. The van der Waals surface area contributed by atoms with Crippen molar-refractivity contribution in [3.8, 4) is 10.6 Å². The molecule has 1 heterocycles. The summed E-state index contributed by atoms with van der Waals surface area (Å²) in [5.41, 5.74) is 4.45. The first-order valence-electron chi connectivity index (χ1n) is 8.03. The number of benzene rings is 2. The van der Waals surface area contributed by atoms with Gasteiger partial charge in [0.15, 0.2) is 0 Å².